The highest BCUT2D eigenvalue weighted by atomic mass is 19.2. The van der Waals surface area contributed by atoms with Gasteiger partial charge < -0.3 is 9.84 Å². The van der Waals surface area contributed by atoms with Crippen molar-refractivity contribution in [2.24, 2.45) is 0 Å². The molecule has 6 heteroatoms. The highest BCUT2D eigenvalue weighted by molar-refractivity contribution is 5.96. The standard InChI is InChI=1S/C14H9F3O3/c1-20-7-2-3-8(10(6-7)14(18)19)9-4-5-11(15)13(17)12(9)16/h2-6H,1H3,(H,18,19). The Labute approximate surface area is 112 Å². The number of aromatic carboxylic acids is 1. The molecule has 0 saturated heterocycles. The molecule has 0 aliphatic carbocycles. The Bertz CT molecular complexity index is 684. The molecule has 0 heterocycles. The van der Waals surface area contributed by atoms with Gasteiger partial charge >= 0.3 is 5.97 Å². The Kier molecular flexibility index (Phi) is 3.65. The lowest BCUT2D eigenvalue weighted by molar-refractivity contribution is 0.0697. The molecular weight excluding hydrogens is 273 g/mol. The lowest BCUT2D eigenvalue weighted by Crippen LogP contribution is -2.03. The van der Waals surface area contributed by atoms with Crippen LogP contribution in [0.3, 0.4) is 0 Å². The summed E-state index contributed by atoms with van der Waals surface area (Å²) in [5.41, 5.74) is -0.659. The number of halogens is 3. The van der Waals surface area contributed by atoms with E-state index in [2.05, 4.69) is 0 Å². The zero-order chi connectivity index (χ0) is 14.9. The summed E-state index contributed by atoms with van der Waals surface area (Å²) in [6, 6.07) is 5.59. The van der Waals surface area contributed by atoms with E-state index in [-0.39, 0.29) is 22.4 Å². The minimum atomic E-state index is -1.64. The van der Waals surface area contributed by atoms with E-state index in [0.717, 1.165) is 12.1 Å². The van der Waals surface area contributed by atoms with Crippen LogP contribution in [0.15, 0.2) is 30.3 Å². The predicted octanol–water partition coefficient (Wildman–Crippen LogP) is 3.48. The lowest BCUT2D eigenvalue weighted by atomic mass is 9.98. The monoisotopic (exact) mass is 282 g/mol. The molecule has 0 unspecified atom stereocenters. The van der Waals surface area contributed by atoms with Crippen LogP contribution in [0.5, 0.6) is 5.75 Å². The second-order valence-electron chi connectivity index (χ2n) is 3.94. The number of carboxylic acid groups (broad SMARTS) is 1. The highest BCUT2D eigenvalue weighted by Crippen LogP contribution is 2.31. The van der Waals surface area contributed by atoms with E-state index in [1.165, 1.54) is 25.3 Å². The molecular formula is C14H9F3O3. The van der Waals surface area contributed by atoms with Gasteiger partial charge in [0.05, 0.1) is 12.7 Å². The molecule has 0 aliphatic rings. The average molecular weight is 282 g/mol. The number of rotatable bonds is 3. The van der Waals surface area contributed by atoms with Gasteiger partial charge in [-0.15, -0.1) is 0 Å². The van der Waals surface area contributed by atoms with E-state index in [1.54, 1.807) is 0 Å². The first-order valence-corrected chi connectivity index (χ1v) is 5.51. The molecule has 3 nitrogen and oxygen atoms in total. The molecule has 0 saturated carbocycles. The van der Waals surface area contributed by atoms with Crippen molar-refractivity contribution in [2.75, 3.05) is 7.11 Å². The minimum absolute atomic E-state index is 0.0605. The number of hydrogen-bond acceptors (Lipinski definition) is 2. The van der Waals surface area contributed by atoms with E-state index in [1.807, 2.05) is 0 Å². The summed E-state index contributed by atoms with van der Waals surface area (Å²) in [5, 5.41) is 9.12. The van der Waals surface area contributed by atoms with E-state index in [4.69, 9.17) is 9.84 Å². The first-order chi connectivity index (χ1) is 9.45. The second-order valence-corrected chi connectivity index (χ2v) is 3.94. The Morgan fingerprint density at radius 3 is 2.30 bits per heavy atom. The summed E-state index contributed by atoms with van der Waals surface area (Å²) in [6.07, 6.45) is 0. The van der Waals surface area contributed by atoms with Gasteiger partial charge in [0.1, 0.15) is 5.75 Å². The topological polar surface area (TPSA) is 46.5 Å². The maximum atomic E-state index is 13.7. The molecule has 0 atom stereocenters. The summed E-state index contributed by atoms with van der Waals surface area (Å²) in [5.74, 6) is -5.49. The molecule has 0 aromatic heterocycles. The SMILES string of the molecule is COc1ccc(-c2ccc(F)c(F)c2F)c(C(=O)O)c1. The molecule has 0 amide bonds. The third-order valence-electron chi connectivity index (χ3n) is 2.78. The van der Waals surface area contributed by atoms with E-state index in [0.29, 0.717) is 0 Å². The van der Waals surface area contributed by atoms with Crippen LogP contribution in [-0.2, 0) is 0 Å². The van der Waals surface area contributed by atoms with Crippen molar-refractivity contribution in [3.05, 3.63) is 53.3 Å². The normalized spacial score (nSPS) is 10.4. The third-order valence-corrected chi connectivity index (χ3v) is 2.78. The quantitative estimate of drug-likeness (QED) is 0.877. The molecule has 0 spiro atoms. The van der Waals surface area contributed by atoms with Gasteiger partial charge in [0.2, 0.25) is 0 Å². The van der Waals surface area contributed by atoms with Crippen LogP contribution >= 0.6 is 0 Å². The first-order valence-electron chi connectivity index (χ1n) is 5.51. The zero-order valence-electron chi connectivity index (χ0n) is 10.3. The van der Waals surface area contributed by atoms with Crippen LogP contribution in [0.2, 0.25) is 0 Å². The summed E-state index contributed by atoms with van der Waals surface area (Å²) in [4.78, 5) is 11.2. The Morgan fingerprint density at radius 1 is 1.05 bits per heavy atom. The summed E-state index contributed by atoms with van der Waals surface area (Å²) < 4.78 is 44.7. The molecule has 0 bridgehead atoms. The summed E-state index contributed by atoms with van der Waals surface area (Å²) in [6.45, 7) is 0. The Morgan fingerprint density at radius 2 is 1.70 bits per heavy atom. The molecule has 0 aliphatic heterocycles. The third kappa shape index (κ3) is 2.32. The van der Waals surface area contributed by atoms with Gasteiger partial charge in [-0.2, -0.15) is 0 Å². The second kappa shape index (κ2) is 5.24. The number of methoxy groups -OCH3 is 1. The van der Waals surface area contributed by atoms with Crippen molar-refractivity contribution in [1.82, 2.24) is 0 Å². The fourth-order valence-electron chi connectivity index (χ4n) is 1.80. The zero-order valence-corrected chi connectivity index (χ0v) is 10.3. The van der Waals surface area contributed by atoms with E-state index in [9.17, 15) is 18.0 Å². The number of carbonyl (C=O) groups is 1. The molecule has 0 fully saturated rings. The van der Waals surface area contributed by atoms with Gasteiger partial charge in [-0.3, -0.25) is 0 Å². The fraction of sp³-hybridized carbons (Fsp3) is 0.0714. The van der Waals surface area contributed by atoms with Crippen LogP contribution in [-0.4, -0.2) is 18.2 Å². The van der Waals surface area contributed by atoms with Crippen LogP contribution in [0.4, 0.5) is 13.2 Å². The van der Waals surface area contributed by atoms with Gasteiger partial charge in [0.15, 0.2) is 17.5 Å². The number of hydrogen-bond donors (Lipinski definition) is 1. The predicted molar refractivity (Wildman–Crippen MR) is 65.3 cm³/mol. The average Bonchev–Trinajstić information content (AvgIpc) is 2.44. The number of ether oxygens (including phenoxy) is 1. The smallest absolute Gasteiger partial charge is 0.336 e. The van der Waals surface area contributed by atoms with Crippen molar-refractivity contribution < 1.29 is 27.8 Å². The Hall–Kier alpha value is -2.50. The Balaban J connectivity index is 2.70. The summed E-state index contributed by atoms with van der Waals surface area (Å²) in [7, 11) is 1.35. The number of carboxylic acids is 1. The van der Waals surface area contributed by atoms with Crippen LogP contribution in [0, 0.1) is 17.5 Å². The molecule has 1 N–H and O–H groups in total. The largest absolute Gasteiger partial charge is 0.497 e. The van der Waals surface area contributed by atoms with Gasteiger partial charge in [0, 0.05) is 5.56 Å². The van der Waals surface area contributed by atoms with Crippen molar-refractivity contribution in [2.45, 2.75) is 0 Å². The maximum absolute atomic E-state index is 13.7. The first kappa shape index (κ1) is 13.9. The van der Waals surface area contributed by atoms with Crippen LogP contribution < -0.4 is 4.74 Å². The molecule has 2 rings (SSSR count). The summed E-state index contributed by atoms with van der Waals surface area (Å²) >= 11 is 0. The molecule has 104 valence electrons. The van der Waals surface area contributed by atoms with Crippen molar-refractivity contribution >= 4 is 5.97 Å². The van der Waals surface area contributed by atoms with Crippen molar-refractivity contribution in [1.29, 1.82) is 0 Å². The lowest BCUT2D eigenvalue weighted by Gasteiger charge is -2.10. The van der Waals surface area contributed by atoms with Gasteiger partial charge in [-0.05, 0) is 35.9 Å². The minimum Gasteiger partial charge on any atom is -0.497 e. The van der Waals surface area contributed by atoms with Gasteiger partial charge in [0.25, 0.3) is 0 Å². The van der Waals surface area contributed by atoms with Crippen LogP contribution in [0.25, 0.3) is 11.1 Å². The van der Waals surface area contributed by atoms with Gasteiger partial charge in [-0.1, -0.05) is 0 Å². The maximum Gasteiger partial charge on any atom is 0.336 e. The highest BCUT2D eigenvalue weighted by Gasteiger charge is 2.20. The molecule has 2 aromatic rings. The molecule has 0 radical (unpaired) electrons. The molecule has 2 aromatic carbocycles. The van der Waals surface area contributed by atoms with Crippen LogP contribution in [0.1, 0.15) is 10.4 Å². The fourth-order valence-corrected chi connectivity index (χ4v) is 1.80. The van der Waals surface area contributed by atoms with Crippen molar-refractivity contribution in [3.8, 4) is 16.9 Å². The van der Waals surface area contributed by atoms with E-state index < -0.39 is 23.4 Å². The van der Waals surface area contributed by atoms with Crippen molar-refractivity contribution in [3.63, 3.8) is 0 Å². The molecule has 20 heavy (non-hydrogen) atoms. The van der Waals surface area contributed by atoms with E-state index >= 15 is 0 Å². The van der Waals surface area contributed by atoms with Gasteiger partial charge in [-0.25, -0.2) is 18.0 Å². The number of benzene rings is 2.